The minimum absolute atomic E-state index is 0.00354. The minimum atomic E-state index is -1.30. The van der Waals surface area contributed by atoms with E-state index >= 15 is 0 Å². The van der Waals surface area contributed by atoms with Gasteiger partial charge in [-0.25, -0.2) is 4.79 Å². The van der Waals surface area contributed by atoms with Crippen LogP contribution in [0.3, 0.4) is 0 Å². The van der Waals surface area contributed by atoms with Crippen molar-refractivity contribution in [3.8, 4) is 0 Å². The summed E-state index contributed by atoms with van der Waals surface area (Å²) in [7, 11) is 0. The van der Waals surface area contributed by atoms with Crippen LogP contribution in [0.4, 0.5) is 0 Å². The number of ether oxygens (including phenoxy) is 2. The van der Waals surface area contributed by atoms with Crippen LogP contribution in [-0.2, 0) is 14.3 Å². The Morgan fingerprint density at radius 3 is 2.35 bits per heavy atom. The second-order valence-corrected chi connectivity index (χ2v) is 15.5. The molecule has 6 nitrogen and oxygen atoms in total. The van der Waals surface area contributed by atoms with Crippen LogP contribution in [0.25, 0.3) is 0 Å². The van der Waals surface area contributed by atoms with Gasteiger partial charge in [0.05, 0.1) is 12.7 Å². The lowest BCUT2D eigenvalue weighted by atomic mass is 9.44. The molecule has 0 aromatic heterocycles. The van der Waals surface area contributed by atoms with Crippen molar-refractivity contribution >= 4 is 5.97 Å². The topological polar surface area (TPSA) is 96.2 Å². The average molecular weight is 561 g/mol. The Balaban J connectivity index is 1.24. The molecule has 3 N–H and O–H groups in total. The molecule has 1 heterocycles. The maximum atomic E-state index is 12.0. The summed E-state index contributed by atoms with van der Waals surface area (Å²) in [4.78, 5) is 12.0. The van der Waals surface area contributed by atoms with Gasteiger partial charge in [0.1, 0.15) is 6.10 Å². The molecule has 0 bridgehead atoms. The van der Waals surface area contributed by atoms with Gasteiger partial charge in [-0.15, -0.1) is 0 Å². The van der Waals surface area contributed by atoms with E-state index < -0.39 is 30.5 Å². The number of aliphatic hydroxyl groups excluding tert-OH is 3. The lowest BCUT2D eigenvalue weighted by molar-refractivity contribution is -0.150. The van der Waals surface area contributed by atoms with Crippen LogP contribution in [0.15, 0.2) is 11.5 Å². The molecule has 5 rings (SSSR count). The number of carbonyl (C=O) groups is 1. The van der Waals surface area contributed by atoms with Crippen molar-refractivity contribution in [2.24, 2.45) is 58.2 Å². The zero-order chi connectivity index (χ0) is 29.0. The molecule has 6 heteroatoms. The molecular formula is C34H56O6. The first kappa shape index (κ1) is 30.2. The van der Waals surface area contributed by atoms with Gasteiger partial charge in [-0.2, -0.15) is 0 Å². The Hall–Kier alpha value is -1.27. The monoisotopic (exact) mass is 560 g/mol. The Morgan fingerprint density at radius 1 is 0.950 bits per heavy atom. The summed E-state index contributed by atoms with van der Waals surface area (Å²) in [6.45, 7) is 14.4. The fourth-order valence-electron chi connectivity index (χ4n) is 10.5. The highest BCUT2D eigenvalue weighted by atomic mass is 16.6. The molecule has 4 aliphatic carbocycles. The smallest absolute Gasteiger partial charge is 0.378 e. The van der Waals surface area contributed by atoms with Crippen molar-refractivity contribution in [2.75, 3.05) is 6.61 Å². The fraction of sp³-hybridized carbons (Fsp3) is 0.912. The number of fused-ring (bicyclic) bond motifs is 5. The summed E-state index contributed by atoms with van der Waals surface area (Å²) < 4.78 is 11.3. The van der Waals surface area contributed by atoms with E-state index in [1.807, 2.05) is 0 Å². The summed E-state index contributed by atoms with van der Waals surface area (Å²) in [5.74, 6) is 4.84. The van der Waals surface area contributed by atoms with E-state index in [0.29, 0.717) is 16.7 Å². The van der Waals surface area contributed by atoms with Crippen LogP contribution in [0.2, 0.25) is 0 Å². The van der Waals surface area contributed by atoms with Crippen LogP contribution < -0.4 is 0 Å². The first-order valence-corrected chi connectivity index (χ1v) is 16.5. The highest BCUT2D eigenvalue weighted by Gasteiger charge is 2.61. The van der Waals surface area contributed by atoms with Crippen LogP contribution in [0.1, 0.15) is 112 Å². The maximum absolute atomic E-state index is 12.0. The van der Waals surface area contributed by atoms with Crippen molar-refractivity contribution in [3.05, 3.63) is 11.5 Å². The molecule has 0 aromatic carbocycles. The standard InChI is InChI=1S/C34H56O6/c1-19(2)20(3)7-8-21(4)25-11-12-26-24-10-9-22-17-23(13-15-33(22,5)27(24)14-16-34(25,26)6)39-31-29(37)32(38)40-30(31)28(36)18-35/h19-28,30,35-37H,7-18H2,1-6H3/t20-,21-,22+,23+,24+,25-,26+,27+,28+,30-,33+,34-/m1/s1. The van der Waals surface area contributed by atoms with Gasteiger partial charge in [0.2, 0.25) is 5.76 Å². The van der Waals surface area contributed by atoms with E-state index in [4.69, 9.17) is 9.47 Å². The molecule has 0 saturated heterocycles. The molecule has 0 aromatic rings. The van der Waals surface area contributed by atoms with Gasteiger partial charge < -0.3 is 24.8 Å². The van der Waals surface area contributed by atoms with Crippen LogP contribution in [0.5, 0.6) is 0 Å². The van der Waals surface area contributed by atoms with E-state index in [2.05, 4.69) is 41.5 Å². The maximum Gasteiger partial charge on any atom is 0.378 e. The van der Waals surface area contributed by atoms with Crippen molar-refractivity contribution < 1.29 is 29.6 Å². The first-order valence-electron chi connectivity index (χ1n) is 16.5. The largest absolute Gasteiger partial charge is 0.499 e. The predicted octanol–water partition coefficient (Wildman–Crippen LogP) is 6.79. The molecule has 1 aliphatic heterocycles. The van der Waals surface area contributed by atoms with Gasteiger partial charge in [-0.05, 0) is 116 Å². The summed E-state index contributed by atoms with van der Waals surface area (Å²) in [6, 6.07) is 0. The van der Waals surface area contributed by atoms with Gasteiger partial charge in [0.15, 0.2) is 11.9 Å². The molecule has 5 aliphatic rings. The fourth-order valence-corrected chi connectivity index (χ4v) is 10.5. The summed E-state index contributed by atoms with van der Waals surface area (Å²) in [5.41, 5.74) is 0.801. The molecule has 0 spiro atoms. The van der Waals surface area contributed by atoms with E-state index in [9.17, 15) is 20.1 Å². The van der Waals surface area contributed by atoms with Gasteiger partial charge in [0, 0.05) is 0 Å². The quantitative estimate of drug-likeness (QED) is 0.269. The molecule has 0 unspecified atom stereocenters. The summed E-state index contributed by atoms with van der Waals surface area (Å²) >= 11 is 0. The first-order chi connectivity index (χ1) is 18.9. The number of aliphatic hydroxyl groups is 3. The average Bonchev–Trinajstić information content (AvgIpc) is 3.42. The molecule has 12 atom stereocenters. The molecular weight excluding hydrogens is 504 g/mol. The molecule has 228 valence electrons. The van der Waals surface area contributed by atoms with E-state index in [1.165, 1.54) is 51.4 Å². The van der Waals surface area contributed by atoms with Crippen molar-refractivity contribution in [1.82, 2.24) is 0 Å². The number of hydrogen-bond donors (Lipinski definition) is 3. The summed E-state index contributed by atoms with van der Waals surface area (Å²) in [5, 5.41) is 29.8. The molecule has 4 saturated carbocycles. The van der Waals surface area contributed by atoms with Gasteiger partial charge in [-0.3, -0.25) is 0 Å². The lowest BCUT2D eigenvalue weighted by Crippen LogP contribution is -2.54. The predicted molar refractivity (Wildman–Crippen MR) is 155 cm³/mol. The lowest BCUT2D eigenvalue weighted by Gasteiger charge is -2.61. The highest BCUT2D eigenvalue weighted by molar-refractivity contribution is 5.89. The number of hydrogen-bond acceptors (Lipinski definition) is 6. The van der Waals surface area contributed by atoms with Crippen molar-refractivity contribution in [2.45, 2.75) is 130 Å². The number of esters is 1. The molecule has 0 radical (unpaired) electrons. The van der Waals surface area contributed by atoms with Crippen molar-refractivity contribution in [3.63, 3.8) is 0 Å². The van der Waals surface area contributed by atoms with Gasteiger partial charge in [0.25, 0.3) is 0 Å². The van der Waals surface area contributed by atoms with Crippen LogP contribution in [-0.4, -0.2) is 46.2 Å². The molecule has 0 amide bonds. The van der Waals surface area contributed by atoms with E-state index in [1.54, 1.807) is 0 Å². The normalized spacial score (nSPS) is 43.5. The molecule has 40 heavy (non-hydrogen) atoms. The van der Waals surface area contributed by atoms with E-state index in [0.717, 1.165) is 60.7 Å². The van der Waals surface area contributed by atoms with E-state index in [-0.39, 0.29) is 11.9 Å². The third kappa shape index (κ3) is 5.12. The third-order valence-corrected chi connectivity index (χ3v) is 13.3. The Morgan fingerprint density at radius 2 is 1.65 bits per heavy atom. The zero-order valence-corrected chi connectivity index (χ0v) is 25.9. The van der Waals surface area contributed by atoms with Crippen LogP contribution in [0, 0.1) is 58.2 Å². The Labute approximate surface area is 242 Å². The minimum Gasteiger partial charge on any atom is -0.499 e. The van der Waals surface area contributed by atoms with Gasteiger partial charge in [-0.1, -0.05) is 54.4 Å². The number of rotatable bonds is 9. The molecule has 4 fully saturated rings. The second kappa shape index (κ2) is 11.4. The second-order valence-electron chi connectivity index (χ2n) is 15.5. The summed E-state index contributed by atoms with van der Waals surface area (Å²) in [6.07, 6.45) is 11.1. The number of cyclic esters (lactones) is 1. The van der Waals surface area contributed by atoms with Crippen LogP contribution >= 0.6 is 0 Å². The zero-order valence-electron chi connectivity index (χ0n) is 25.9. The van der Waals surface area contributed by atoms with Crippen molar-refractivity contribution in [1.29, 1.82) is 0 Å². The Kier molecular flexibility index (Phi) is 8.63. The third-order valence-electron chi connectivity index (χ3n) is 13.3. The number of carbonyl (C=O) groups excluding carboxylic acids is 1. The highest BCUT2D eigenvalue weighted by Crippen LogP contribution is 2.68. The van der Waals surface area contributed by atoms with Gasteiger partial charge >= 0.3 is 5.97 Å². The SMILES string of the molecule is CC(C)[C@H](C)CC[C@@H](C)[C@H]1CC[C@H]2[C@@H]3CC[C@H]4C[C@@H](OC5=C(O)C(=O)O[C@@H]5[C@@H](O)CO)CC[C@]4(C)[C@H]3CC[C@]12C. The Bertz CT molecular complexity index is 960.